The Hall–Kier alpha value is 1.79. The number of hydrogen-bond acceptors (Lipinski definition) is 0. The molecule has 4 heteroatoms. The smallest absolute Gasteiger partial charge is 0.0908 e. The summed E-state index contributed by atoms with van der Waals surface area (Å²) in [6.45, 7) is 0. The Morgan fingerprint density at radius 3 is 1.50 bits per heavy atom. The van der Waals surface area contributed by atoms with Gasteiger partial charge >= 0.3 is 0 Å². The fraction of sp³-hybridized carbons (Fsp3) is 1.00. The van der Waals surface area contributed by atoms with Crippen molar-refractivity contribution in [2.75, 3.05) is 5.75 Å². The monoisotopic (exact) mass is 295 g/mol. The van der Waals surface area contributed by atoms with Gasteiger partial charge in [0.1, 0.15) is 2.14 Å². The van der Waals surface area contributed by atoms with E-state index in [1.165, 1.54) is 0 Å². The topological polar surface area (TPSA) is 0 Å². The van der Waals surface area contributed by atoms with E-state index in [9.17, 15) is 0 Å². The normalized spacial score (nSPS) is 12.0. The van der Waals surface area contributed by atoms with E-state index < -0.39 is 0 Å². The summed E-state index contributed by atoms with van der Waals surface area (Å²) in [6, 6.07) is 0. The highest BCUT2D eigenvalue weighted by atomic mass is 80.0. The third-order valence-corrected chi connectivity index (χ3v) is 2.55. The average Bonchev–Trinajstić information content (AvgIpc) is 1.35. The highest BCUT2D eigenvalue weighted by Gasteiger charge is 2.13. The van der Waals surface area contributed by atoms with Crippen LogP contribution in [0.25, 0.3) is 0 Å². The molecule has 0 aliphatic heterocycles. The zero-order valence-electron chi connectivity index (χ0n) is 2.75. The van der Waals surface area contributed by atoms with Gasteiger partial charge in [-0.25, -0.2) is 0 Å². The Morgan fingerprint density at radius 1 is 1.33 bits per heavy atom. The molecule has 0 aromatic heterocycles. The predicted molar refractivity (Wildman–Crippen MR) is 42.0 cm³/mol. The summed E-state index contributed by atoms with van der Waals surface area (Å²) < 4.78 is -0.206. The molecule has 0 nitrogen and oxygen atoms in total. The lowest BCUT2D eigenvalue weighted by molar-refractivity contribution is 1.45. The summed E-state index contributed by atoms with van der Waals surface area (Å²) in [5, 5.41) is 0. The van der Waals surface area contributed by atoms with Crippen molar-refractivity contribution >= 4 is 60.4 Å². The molecule has 0 aromatic rings. The third-order valence-electron chi connectivity index (χ3n) is 0.164. The average molecular weight is 298 g/mol. The first-order valence-electron chi connectivity index (χ1n) is 1.21. The number of alkyl halides is 3. The first-order valence-corrected chi connectivity index (χ1v) is 4.17. The van der Waals surface area contributed by atoms with E-state index in [1.807, 2.05) is 0 Å². The lowest BCUT2D eigenvalue weighted by Crippen LogP contribution is -1.98. The summed E-state index contributed by atoms with van der Waals surface area (Å²) in [4.78, 5) is 0. The first-order chi connectivity index (χ1) is 2.56. The zero-order valence-corrected chi connectivity index (χ0v) is 8.32. The van der Waals surface area contributed by atoms with Crippen molar-refractivity contribution in [3.63, 3.8) is 0 Å². The molecule has 0 heterocycles. The largest absolute Gasteiger partial charge is 0.144 e. The molecule has 0 aliphatic carbocycles. The molecule has 0 amide bonds. The van der Waals surface area contributed by atoms with E-state index in [0.717, 1.165) is 0 Å². The van der Waals surface area contributed by atoms with Gasteiger partial charge in [0.05, 0.1) is 0 Å². The van der Waals surface area contributed by atoms with Crippen molar-refractivity contribution in [3.8, 4) is 0 Å². The lowest BCUT2D eigenvalue weighted by atomic mass is 11.0. The number of hydrogen-bond donors (Lipinski definition) is 0. The van der Waals surface area contributed by atoms with Crippen LogP contribution in [0.15, 0.2) is 0 Å². The molecular formula is C2H2Br3S. The molecule has 0 atom stereocenters. The van der Waals surface area contributed by atoms with Crippen LogP contribution >= 0.6 is 60.4 Å². The molecule has 0 saturated heterocycles. The van der Waals surface area contributed by atoms with Gasteiger partial charge in [0.25, 0.3) is 0 Å². The van der Waals surface area contributed by atoms with Crippen molar-refractivity contribution in [1.82, 2.24) is 0 Å². The van der Waals surface area contributed by atoms with Crippen LogP contribution in [-0.2, 0) is 0 Å². The van der Waals surface area contributed by atoms with Crippen LogP contribution in [0, 0.1) is 0 Å². The van der Waals surface area contributed by atoms with Crippen molar-refractivity contribution in [2.24, 2.45) is 0 Å². The molecule has 0 rings (SSSR count). The van der Waals surface area contributed by atoms with Crippen molar-refractivity contribution in [3.05, 3.63) is 0 Å². The van der Waals surface area contributed by atoms with Gasteiger partial charge in [-0.3, -0.25) is 0 Å². The van der Waals surface area contributed by atoms with E-state index in [0.29, 0.717) is 5.75 Å². The van der Waals surface area contributed by atoms with Crippen LogP contribution in [0.2, 0.25) is 0 Å². The standard InChI is InChI=1S/C2H2Br3S/c3-2(4,5)1-6/h1H2. The van der Waals surface area contributed by atoms with Crippen molar-refractivity contribution < 1.29 is 0 Å². The van der Waals surface area contributed by atoms with Gasteiger partial charge in [0.15, 0.2) is 0 Å². The Balaban J connectivity index is 3.17. The van der Waals surface area contributed by atoms with Crippen LogP contribution in [0.3, 0.4) is 0 Å². The number of halogens is 3. The Morgan fingerprint density at radius 2 is 1.50 bits per heavy atom. The summed E-state index contributed by atoms with van der Waals surface area (Å²) >= 11 is 14.3. The van der Waals surface area contributed by atoms with Crippen LogP contribution < -0.4 is 0 Å². The minimum absolute atomic E-state index is 0.206. The quantitative estimate of drug-likeness (QED) is 0.603. The minimum Gasteiger partial charge on any atom is -0.0908 e. The van der Waals surface area contributed by atoms with Crippen LogP contribution in [0.5, 0.6) is 0 Å². The molecule has 0 spiro atoms. The zero-order chi connectivity index (χ0) is 5.21. The summed E-state index contributed by atoms with van der Waals surface area (Å²) in [5.41, 5.74) is 0. The Labute approximate surface area is 67.9 Å². The summed E-state index contributed by atoms with van der Waals surface area (Å²) in [7, 11) is 0. The number of rotatable bonds is 0. The fourth-order valence-electron chi connectivity index (χ4n) is 0. The molecule has 37 valence electrons. The maximum atomic E-state index is 4.65. The van der Waals surface area contributed by atoms with E-state index in [-0.39, 0.29) is 2.14 Å². The molecule has 0 aliphatic rings. The summed E-state index contributed by atoms with van der Waals surface area (Å²) in [5.74, 6) is 0.604. The molecule has 0 unspecified atom stereocenters. The van der Waals surface area contributed by atoms with Crippen LogP contribution in [0.1, 0.15) is 0 Å². The van der Waals surface area contributed by atoms with Crippen LogP contribution in [-0.4, -0.2) is 7.90 Å². The molecule has 1 radical (unpaired) electrons. The second kappa shape index (κ2) is 2.95. The van der Waals surface area contributed by atoms with E-state index in [1.54, 1.807) is 0 Å². The van der Waals surface area contributed by atoms with E-state index >= 15 is 0 Å². The predicted octanol–water partition coefficient (Wildman–Crippen LogP) is 3.02. The molecular weight excluding hydrogens is 296 g/mol. The van der Waals surface area contributed by atoms with Gasteiger partial charge in [0.2, 0.25) is 0 Å². The highest BCUT2D eigenvalue weighted by Crippen LogP contribution is 2.33. The maximum Gasteiger partial charge on any atom is 0.144 e. The fourth-order valence-corrected chi connectivity index (χ4v) is 0. The molecule has 6 heavy (non-hydrogen) atoms. The van der Waals surface area contributed by atoms with Crippen molar-refractivity contribution in [1.29, 1.82) is 0 Å². The van der Waals surface area contributed by atoms with Gasteiger partial charge in [-0.15, -0.1) is 0 Å². The Bertz CT molecular complexity index is 38.5. The van der Waals surface area contributed by atoms with Gasteiger partial charge in [0, 0.05) is 5.75 Å². The van der Waals surface area contributed by atoms with Crippen molar-refractivity contribution in [2.45, 2.75) is 2.14 Å². The minimum atomic E-state index is -0.206. The molecule has 0 bridgehead atoms. The van der Waals surface area contributed by atoms with Gasteiger partial charge in [-0.2, -0.15) is 0 Å². The third kappa shape index (κ3) is 5.79. The second-order valence-electron chi connectivity index (χ2n) is 0.760. The van der Waals surface area contributed by atoms with Gasteiger partial charge in [-0.05, 0) is 0 Å². The molecule has 0 fully saturated rings. The molecule has 0 aromatic carbocycles. The van der Waals surface area contributed by atoms with Gasteiger partial charge in [-0.1, -0.05) is 60.4 Å². The Kier molecular flexibility index (Phi) is 3.83. The molecule has 0 saturated carbocycles. The second-order valence-corrected chi connectivity index (χ2v) is 8.30. The van der Waals surface area contributed by atoms with E-state index in [2.05, 4.69) is 60.4 Å². The first kappa shape index (κ1) is 7.79. The highest BCUT2D eigenvalue weighted by molar-refractivity contribution is 9.39. The molecule has 0 N–H and O–H groups in total. The van der Waals surface area contributed by atoms with E-state index in [4.69, 9.17) is 0 Å². The maximum absolute atomic E-state index is 4.65. The lowest BCUT2D eigenvalue weighted by Gasteiger charge is -2.02. The SMILES string of the molecule is [S]CC(Br)(Br)Br. The van der Waals surface area contributed by atoms with Gasteiger partial charge < -0.3 is 0 Å². The van der Waals surface area contributed by atoms with Crippen LogP contribution in [0.4, 0.5) is 0 Å². The summed E-state index contributed by atoms with van der Waals surface area (Å²) in [6.07, 6.45) is 0.